The number of amides is 2. The van der Waals surface area contributed by atoms with Crippen molar-refractivity contribution in [3.8, 4) is 0 Å². The summed E-state index contributed by atoms with van der Waals surface area (Å²) in [6.07, 6.45) is 3.75. The highest BCUT2D eigenvalue weighted by molar-refractivity contribution is 7.17. The molecule has 1 heterocycles. The third-order valence-corrected chi connectivity index (χ3v) is 5.75. The highest BCUT2D eigenvalue weighted by Gasteiger charge is 2.25. The molecule has 1 aliphatic rings. The second-order valence-corrected chi connectivity index (χ2v) is 7.84. The van der Waals surface area contributed by atoms with Crippen LogP contribution in [-0.2, 0) is 24.2 Å². The molecule has 1 aliphatic carbocycles. The number of hydrogen-bond donors (Lipinski definition) is 2. The van der Waals surface area contributed by atoms with Crippen LogP contribution in [0.15, 0.2) is 18.2 Å². The minimum atomic E-state index is -0.649. The van der Waals surface area contributed by atoms with E-state index in [0.717, 1.165) is 42.2 Å². The van der Waals surface area contributed by atoms with Crippen LogP contribution in [-0.4, -0.2) is 30.3 Å². The summed E-state index contributed by atoms with van der Waals surface area (Å²) in [5.41, 5.74) is 7.19. The number of hydrogen-bond acceptors (Lipinski definition) is 4. The van der Waals surface area contributed by atoms with Crippen LogP contribution >= 0.6 is 11.3 Å². The molecule has 0 spiro atoms. The summed E-state index contributed by atoms with van der Waals surface area (Å²) in [6.45, 7) is 0.154. The van der Waals surface area contributed by atoms with Gasteiger partial charge in [0.15, 0.2) is 0 Å². The molecule has 144 valence electrons. The van der Waals surface area contributed by atoms with E-state index in [1.54, 1.807) is 11.9 Å². The highest BCUT2D eigenvalue weighted by Crippen LogP contribution is 2.37. The monoisotopic (exact) mass is 393 g/mol. The molecule has 2 amide bonds. The number of nitrogens with zero attached hydrogens (tertiary/aromatic N) is 1. The van der Waals surface area contributed by atoms with Crippen molar-refractivity contribution in [3.05, 3.63) is 51.4 Å². The lowest BCUT2D eigenvalue weighted by Gasteiger charge is -2.16. The number of halogens is 2. The minimum Gasteiger partial charge on any atom is -0.365 e. The van der Waals surface area contributed by atoms with Crippen molar-refractivity contribution >= 4 is 28.2 Å². The molecule has 3 rings (SSSR count). The highest BCUT2D eigenvalue weighted by atomic mass is 32.1. The number of benzene rings is 1. The Morgan fingerprint density at radius 3 is 2.70 bits per heavy atom. The maximum Gasteiger partial charge on any atom is 0.251 e. The predicted octanol–water partition coefficient (Wildman–Crippen LogP) is 3.07. The second-order valence-electron chi connectivity index (χ2n) is 6.74. The third kappa shape index (κ3) is 4.51. The van der Waals surface area contributed by atoms with Crippen LogP contribution in [0.3, 0.4) is 0 Å². The van der Waals surface area contributed by atoms with E-state index in [-0.39, 0.29) is 19.0 Å². The number of carbonyl (C=O) groups is 2. The smallest absolute Gasteiger partial charge is 0.251 e. The first-order valence-corrected chi connectivity index (χ1v) is 9.53. The number of fused-ring (bicyclic) bond motifs is 1. The van der Waals surface area contributed by atoms with Crippen LogP contribution in [0.25, 0.3) is 0 Å². The number of nitrogens with two attached hydrogens (primary N) is 1. The van der Waals surface area contributed by atoms with Crippen molar-refractivity contribution < 1.29 is 18.4 Å². The molecule has 0 radical (unpaired) electrons. The number of rotatable bonds is 6. The van der Waals surface area contributed by atoms with Crippen LogP contribution < -0.4 is 11.1 Å². The van der Waals surface area contributed by atoms with E-state index in [1.165, 1.54) is 23.5 Å². The fourth-order valence-corrected chi connectivity index (χ4v) is 4.63. The number of anilines is 1. The zero-order valence-electron chi connectivity index (χ0n) is 15.0. The number of aryl methyl sites for hydroxylation is 1. The van der Waals surface area contributed by atoms with Gasteiger partial charge in [0.2, 0.25) is 5.91 Å². The fraction of sp³-hybridized carbons (Fsp3) is 0.368. The van der Waals surface area contributed by atoms with Gasteiger partial charge >= 0.3 is 0 Å². The Kier molecular flexibility index (Phi) is 5.86. The van der Waals surface area contributed by atoms with Crippen LogP contribution in [0, 0.1) is 11.6 Å². The van der Waals surface area contributed by atoms with Gasteiger partial charge in [0, 0.05) is 23.1 Å². The normalized spacial score (nSPS) is 13.5. The molecule has 8 heteroatoms. The van der Waals surface area contributed by atoms with Crippen LogP contribution in [0.2, 0.25) is 0 Å². The Bertz CT molecular complexity index is 882. The molecular weight excluding hydrogens is 372 g/mol. The number of primary amides is 1. The van der Waals surface area contributed by atoms with Crippen molar-refractivity contribution in [2.24, 2.45) is 5.73 Å². The first-order chi connectivity index (χ1) is 12.8. The number of carbonyl (C=O) groups excluding carboxylic acids is 2. The first kappa shape index (κ1) is 19.4. The molecule has 3 N–H and O–H groups in total. The molecule has 1 aromatic heterocycles. The number of likely N-dealkylation sites (N-methyl/N-ethyl adjacent to an activating group) is 1. The molecule has 5 nitrogen and oxygen atoms in total. The van der Waals surface area contributed by atoms with Gasteiger partial charge in [-0.3, -0.25) is 14.5 Å². The minimum absolute atomic E-state index is 0.00240. The molecule has 0 aliphatic heterocycles. The van der Waals surface area contributed by atoms with Crippen molar-refractivity contribution in [2.75, 3.05) is 18.9 Å². The molecular formula is C19H21F2N3O2S. The average Bonchev–Trinajstić information content (AvgIpc) is 2.95. The molecule has 0 unspecified atom stereocenters. The zero-order valence-corrected chi connectivity index (χ0v) is 15.8. The van der Waals surface area contributed by atoms with Gasteiger partial charge in [0.05, 0.1) is 12.1 Å². The largest absolute Gasteiger partial charge is 0.365 e. The van der Waals surface area contributed by atoms with Gasteiger partial charge in [-0.15, -0.1) is 11.3 Å². The van der Waals surface area contributed by atoms with Crippen molar-refractivity contribution in [3.63, 3.8) is 0 Å². The number of nitrogens with one attached hydrogen (secondary N) is 1. The topological polar surface area (TPSA) is 75.4 Å². The molecule has 0 atom stereocenters. The summed E-state index contributed by atoms with van der Waals surface area (Å²) in [6, 6.07) is 3.36. The molecule has 0 saturated carbocycles. The summed E-state index contributed by atoms with van der Waals surface area (Å²) in [4.78, 5) is 27.0. The standard InChI is InChI=1S/C19H21F2N3O2S/c1-24(9-11-6-7-12(20)8-14(11)21)10-16(25)23-19-17(18(22)26)13-4-2-3-5-15(13)27-19/h6-8H,2-5,9-10H2,1H3,(H2,22,26)(H,23,25). The Morgan fingerprint density at radius 2 is 2.00 bits per heavy atom. The Balaban J connectivity index is 1.67. The fourth-order valence-electron chi connectivity index (χ4n) is 3.32. The molecule has 0 bridgehead atoms. The Labute approximate surface area is 160 Å². The van der Waals surface area contributed by atoms with E-state index in [0.29, 0.717) is 16.1 Å². The zero-order chi connectivity index (χ0) is 19.6. The molecule has 2 aromatic rings. The first-order valence-electron chi connectivity index (χ1n) is 8.72. The summed E-state index contributed by atoms with van der Waals surface area (Å²) in [5, 5.41) is 3.26. The number of thiophene rings is 1. The third-order valence-electron chi connectivity index (χ3n) is 4.54. The predicted molar refractivity (Wildman–Crippen MR) is 101 cm³/mol. The summed E-state index contributed by atoms with van der Waals surface area (Å²) in [7, 11) is 1.66. The van der Waals surface area contributed by atoms with E-state index >= 15 is 0 Å². The maximum atomic E-state index is 13.8. The quantitative estimate of drug-likeness (QED) is 0.792. The molecule has 1 aromatic carbocycles. The lowest BCUT2D eigenvalue weighted by molar-refractivity contribution is -0.117. The summed E-state index contributed by atoms with van der Waals surface area (Å²) >= 11 is 1.40. The Morgan fingerprint density at radius 1 is 1.26 bits per heavy atom. The van der Waals surface area contributed by atoms with E-state index in [9.17, 15) is 18.4 Å². The van der Waals surface area contributed by atoms with Crippen LogP contribution in [0.1, 0.15) is 39.2 Å². The van der Waals surface area contributed by atoms with E-state index in [1.807, 2.05) is 0 Å². The maximum absolute atomic E-state index is 13.8. The van der Waals surface area contributed by atoms with Crippen LogP contribution in [0.5, 0.6) is 0 Å². The van der Waals surface area contributed by atoms with Crippen molar-refractivity contribution in [2.45, 2.75) is 32.2 Å². The van der Waals surface area contributed by atoms with Gasteiger partial charge < -0.3 is 11.1 Å². The lowest BCUT2D eigenvalue weighted by Crippen LogP contribution is -2.30. The van der Waals surface area contributed by atoms with Crippen molar-refractivity contribution in [1.82, 2.24) is 4.90 Å². The van der Waals surface area contributed by atoms with Gasteiger partial charge in [-0.1, -0.05) is 6.07 Å². The van der Waals surface area contributed by atoms with Gasteiger partial charge in [0.1, 0.15) is 16.6 Å². The van der Waals surface area contributed by atoms with Gasteiger partial charge in [0.25, 0.3) is 5.91 Å². The average molecular weight is 393 g/mol. The van der Waals surface area contributed by atoms with Crippen LogP contribution in [0.4, 0.5) is 13.8 Å². The van der Waals surface area contributed by atoms with Gasteiger partial charge in [-0.25, -0.2) is 8.78 Å². The van der Waals surface area contributed by atoms with E-state index in [4.69, 9.17) is 5.73 Å². The van der Waals surface area contributed by atoms with Gasteiger partial charge in [-0.2, -0.15) is 0 Å². The Hall–Kier alpha value is -2.32. The molecule has 0 saturated heterocycles. The summed E-state index contributed by atoms with van der Waals surface area (Å²) < 4.78 is 26.7. The lowest BCUT2D eigenvalue weighted by atomic mass is 9.95. The second kappa shape index (κ2) is 8.14. The van der Waals surface area contributed by atoms with E-state index < -0.39 is 17.5 Å². The SMILES string of the molecule is CN(CC(=O)Nc1sc2c(c1C(N)=O)CCCC2)Cc1ccc(F)cc1F. The van der Waals surface area contributed by atoms with Gasteiger partial charge in [-0.05, 0) is 44.4 Å². The van der Waals surface area contributed by atoms with Crippen molar-refractivity contribution in [1.29, 1.82) is 0 Å². The molecule has 27 heavy (non-hydrogen) atoms. The molecule has 0 fully saturated rings. The summed E-state index contributed by atoms with van der Waals surface area (Å²) in [5.74, 6) is -2.14. The van der Waals surface area contributed by atoms with E-state index in [2.05, 4.69) is 5.32 Å².